The van der Waals surface area contributed by atoms with Gasteiger partial charge in [-0.2, -0.15) is 0 Å². The molecule has 13 heavy (non-hydrogen) atoms. The Balaban J connectivity index is 3.46. The third-order valence-corrected chi connectivity index (χ3v) is 3.22. The van der Waals surface area contributed by atoms with Gasteiger partial charge in [-0.25, -0.2) is 0 Å². The summed E-state index contributed by atoms with van der Waals surface area (Å²) in [5, 5.41) is 10.5. The second-order valence-electron chi connectivity index (χ2n) is 3.09. The van der Waals surface area contributed by atoms with Crippen molar-refractivity contribution in [3.8, 4) is 0 Å². The number of alkyl halides is 2. The Kier molecular flexibility index (Phi) is 6.95. The van der Waals surface area contributed by atoms with Crippen LogP contribution >= 0.6 is 31.9 Å². The van der Waals surface area contributed by atoms with Crippen LogP contribution in [-0.4, -0.2) is 8.28 Å². The first kappa shape index (κ1) is 13.4. The molecule has 78 valence electrons. The van der Waals surface area contributed by atoms with Gasteiger partial charge in [0.25, 0.3) is 0 Å². The number of rotatable bonds is 7. The lowest BCUT2D eigenvalue weighted by Crippen LogP contribution is -2.22. The van der Waals surface area contributed by atoms with Crippen LogP contribution in [0.1, 0.15) is 45.4 Å². The molecule has 0 unspecified atom stereocenters. The van der Waals surface area contributed by atoms with Crippen molar-refractivity contribution < 1.29 is 4.92 Å². The molecule has 0 aromatic heterocycles. The molecule has 0 rings (SSSR count). The Morgan fingerprint density at radius 1 is 1.23 bits per heavy atom. The van der Waals surface area contributed by atoms with E-state index in [0.29, 0.717) is 6.42 Å². The van der Waals surface area contributed by atoms with Crippen LogP contribution in [0.4, 0.5) is 0 Å². The van der Waals surface area contributed by atoms with Crippen LogP contribution in [0.15, 0.2) is 0 Å². The van der Waals surface area contributed by atoms with Gasteiger partial charge in [-0.3, -0.25) is 10.1 Å². The SMILES string of the molecule is CCCCCCCC(Br)(Br)[N+](=O)[O-]. The van der Waals surface area contributed by atoms with Crippen molar-refractivity contribution in [3.63, 3.8) is 0 Å². The predicted molar refractivity (Wildman–Crippen MR) is 61.0 cm³/mol. The summed E-state index contributed by atoms with van der Waals surface area (Å²) in [5.41, 5.74) is 0. The van der Waals surface area contributed by atoms with E-state index in [0.717, 1.165) is 12.8 Å². The van der Waals surface area contributed by atoms with Gasteiger partial charge in [0, 0.05) is 43.2 Å². The topological polar surface area (TPSA) is 43.1 Å². The van der Waals surface area contributed by atoms with Gasteiger partial charge in [0.1, 0.15) is 0 Å². The molecule has 0 saturated carbocycles. The first-order valence-corrected chi connectivity index (χ1v) is 6.11. The molecule has 0 aromatic rings. The summed E-state index contributed by atoms with van der Waals surface area (Å²) in [6.45, 7) is 2.15. The molecule has 0 atom stereocenters. The largest absolute Gasteiger partial charge is 0.326 e. The van der Waals surface area contributed by atoms with E-state index >= 15 is 0 Å². The molecule has 0 spiro atoms. The lowest BCUT2D eigenvalue weighted by atomic mass is 10.1. The molecular formula is C8H15Br2NO2. The van der Waals surface area contributed by atoms with Crippen LogP contribution in [0.5, 0.6) is 0 Å². The van der Waals surface area contributed by atoms with E-state index < -0.39 is 3.36 Å². The second-order valence-corrected chi connectivity index (χ2v) is 6.78. The molecule has 0 radical (unpaired) electrons. The number of nitrogens with zero attached hydrogens (tertiary/aromatic N) is 1. The summed E-state index contributed by atoms with van der Waals surface area (Å²) < 4.78 is -1.10. The van der Waals surface area contributed by atoms with Crippen LogP contribution in [0.25, 0.3) is 0 Å². The van der Waals surface area contributed by atoms with Crippen LogP contribution in [-0.2, 0) is 0 Å². The highest BCUT2D eigenvalue weighted by atomic mass is 79.9. The number of hydrogen-bond acceptors (Lipinski definition) is 2. The lowest BCUT2D eigenvalue weighted by Gasteiger charge is -2.10. The summed E-state index contributed by atoms with van der Waals surface area (Å²) in [6, 6.07) is 0. The molecule has 0 N–H and O–H groups in total. The van der Waals surface area contributed by atoms with Crippen LogP contribution in [0, 0.1) is 10.1 Å². The summed E-state index contributed by atoms with van der Waals surface area (Å²) in [5.74, 6) is 0. The fourth-order valence-electron chi connectivity index (χ4n) is 1.03. The molecule has 0 heterocycles. The zero-order chi connectivity index (χ0) is 10.3. The Labute approximate surface area is 95.7 Å². The van der Waals surface area contributed by atoms with Gasteiger partial charge in [-0.1, -0.05) is 32.6 Å². The maximum Gasteiger partial charge on any atom is 0.326 e. The molecule has 3 nitrogen and oxygen atoms in total. The number of halogens is 2. The molecule has 0 saturated heterocycles. The van der Waals surface area contributed by atoms with Gasteiger partial charge in [0.05, 0.1) is 0 Å². The Morgan fingerprint density at radius 3 is 2.23 bits per heavy atom. The van der Waals surface area contributed by atoms with Gasteiger partial charge in [0.2, 0.25) is 0 Å². The maximum absolute atomic E-state index is 10.5. The number of nitro groups is 1. The van der Waals surface area contributed by atoms with Crippen molar-refractivity contribution in [2.45, 2.75) is 48.8 Å². The van der Waals surface area contributed by atoms with Gasteiger partial charge in [-0.05, 0) is 6.42 Å². The van der Waals surface area contributed by atoms with E-state index in [1.165, 1.54) is 19.3 Å². The highest BCUT2D eigenvalue weighted by Gasteiger charge is 2.34. The van der Waals surface area contributed by atoms with Crippen molar-refractivity contribution in [1.82, 2.24) is 0 Å². The van der Waals surface area contributed by atoms with E-state index in [1.54, 1.807) is 0 Å². The summed E-state index contributed by atoms with van der Waals surface area (Å²) >= 11 is 6.07. The van der Waals surface area contributed by atoms with Gasteiger partial charge in [-0.15, -0.1) is 0 Å². The fourth-order valence-corrected chi connectivity index (χ4v) is 1.59. The molecule has 0 aliphatic heterocycles. The van der Waals surface area contributed by atoms with Crippen molar-refractivity contribution >= 4 is 31.9 Å². The van der Waals surface area contributed by atoms with Crippen LogP contribution < -0.4 is 0 Å². The minimum absolute atomic E-state index is 0.340. The Bertz CT molecular complexity index is 162. The Hall–Kier alpha value is 0.360. The normalized spacial score (nSPS) is 11.6. The highest BCUT2D eigenvalue weighted by Crippen LogP contribution is 2.32. The van der Waals surface area contributed by atoms with Crippen LogP contribution in [0.2, 0.25) is 0 Å². The quantitative estimate of drug-likeness (QED) is 0.234. The third-order valence-electron chi connectivity index (χ3n) is 1.85. The zero-order valence-corrected chi connectivity index (χ0v) is 10.9. The van der Waals surface area contributed by atoms with Gasteiger partial charge >= 0.3 is 3.36 Å². The minimum Gasteiger partial charge on any atom is -0.262 e. The highest BCUT2D eigenvalue weighted by molar-refractivity contribution is 9.25. The second kappa shape index (κ2) is 6.76. The minimum atomic E-state index is -1.10. The van der Waals surface area contributed by atoms with Crippen molar-refractivity contribution in [2.24, 2.45) is 0 Å². The van der Waals surface area contributed by atoms with Crippen molar-refractivity contribution in [3.05, 3.63) is 10.1 Å². The van der Waals surface area contributed by atoms with Gasteiger partial charge in [0.15, 0.2) is 0 Å². The van der Waals surface area contributed by atoms with Crippen molar-refractivity contribution in [2.75, 3.05) is 0 Å². The Morgan fingerprint density at radius 2 is 1.77 bits per heavy atom. The molecule has 0 aromatic carbocycles. The van der Waals surface area contributed by atoms with Crippen LogP contribution in [0.3, 0.4) is 0 Å². The van der Waals surface area contributed by atoms with E-state index in [9.17, 15) is 10.1 Å². The van der Waals surface area contributed by atoms with E-state index in [1.807, 2.05) is 0 Å². The predicted octanol–water partition coefficient (Wildman–Crippen LogP) is 4.07. The first-order chi connectivity index (χ1) is 6.00. The first-order valence-electron chi connectivity index (χ1n) is 4.53. The molecule has 5 heteroatoms. The average molecular weight is 317 g/mol. The van der Waals surface area contributed by atoms with E-state index in [4.69, 9.17) is 0 Å². The molecule has 0 fully saturated rings. The molecule has 0 bridgehead atoms. The summed E-state index contributed by atoms with van der Waals surface area (Å²) in [4.78, 5) is 10.1. The molecule has 0 aliphatic rings. The number of hydrogen-bond donors (Lipinski definition) is 0. The molecule has 0 aliphatic carbocycles. The maximum atomic E-state index is 10.5. The van der Waals surface area contributed by atoms with E-state index in [2.05, 4.69) is 38.8 Å². The number of unbranched alkanes of at least 4 members (excludes halogenated alkanes) is 4. The van der Waals surface area contributed by atoms with E-state index in [-0.39, 0.29) is 4.92 Å². The molecular weight excluding hydrogens is 302 g/mol. The standard InChI is InChI=1S/C8H15Br2NO2/c1-2-3-4-5-6-7-8(9,10)11(12)13/h2-7H2,1H3. The van der Waals surface area contributed by atoms with Crippen molar-refractivity contribution in [1.29, 1.82) is 0 Å². The van der Waals surface area contributed by atoms with Gasteiger partial charge < -0.3 is 0 Å². The summed E-state index contributed by atoms with van der Waals surface area (Å²) in [7, 11) is 0. The lowest BCUT2D eigenvalue weighted by molar-refractivity contribution is -0.505. The third kappa shape index (κ3) is 6.43. The smallest absolute Gasteiger partial charge is 0.262 e. The summed E-state index contributed by atoms with van der Waals surface area (Å²) in [6.07, 6.45) is 6.07. The fraction of sp³-hybridized carbons (Fsp3) is 1.00. The monoisotopic (exact) mass is 315 g/mol. The molecule has 0 amide bonds. The average Bonchev–Trinajstić information content (AvgIpc) is 2.03. The zero-order valence-electron chi connectivity index (χ0n) is 7.76.